The molecule has 7 heteroatoms. The molecule has 0 radical (unpaired) electrons. The van der Waals surface area contributed by atoms with Crippen molar-refractivity contribution in [1.29, 1.82) is 0 Å². The van der Waals surface area contributed by atoms with E-state index in [0.717, 1.165) is 24.2 Å². The Morgan fingerprint density at radius 1 is 0.921 bits per heavy atom. The number of aliphatic hydroxyl groups is 1. The summed E-state index contributed by atoms with van der Waals surface area (Å²) in [6.45, 7) is 7.61. The number of hydrogen-bond acceptors (Lipinski definition) is 6. The van der Waals surface area contributed by atoms with Crippen LogP contribution in [0.25, 0.3) is 5.76 Å². The number of morpholine rings is 1. The summed E-state index contributed by atoms with van der Waals surface area (Å²) in [6, 6.07) is 21.8. The highest BCUT2D eigenvalue weighted by molar-refractivity contribution is 6.46. The third-order valence-corrected chi connectivity index (χ3v) is 7.10. The third kappa shape index (κ3) is 5.35. The number of hydrogen-bond donors (Lipinski definition) is 1. The monoisotopic (exact) mass is 512 g/mol. The number of amides is 1. The number of Topliss-reactive ketones (excluding diaryl/α,β-unsaturated/α-hetero) is 1. The predicted octanol–water partition coefficient (Wildman–Crippen LogP) is 4.85. The lowest BCUT2D eigenvalue weighted by Gasteiger charge is -2.31. The van der Waals surface area contributed by atoms with Gasteiger partial charge in [-0.15, -0.1) is 0 Å². The number of rotatable bonds is 7. The Bertz CT molecular complexity index is 1360. The second-order valence-electron chi connectivity index (χ2n) is 9.75. The van der Waals surface area contributed by atoms with Crippen LogP contribution in [0.1, 0.15) is 28.3 Å². The van der Waals surface area contributed by atoms with E-state index in [2.05, 4.69) is 4.90 Å². The minimum atomic E-state index is -0.740. The largest absolute Gasteiger partial charge is 0.507 e. The van der Waals surface area contributed by atoms with Crippen LogP contribution in [0.5, 0.6) is 11.5 Å². The van der Waals surface area contributed by atoms with Gasteiger partial charge in [0.15, 0.2) is 0 Å². The average molecular weight is 513 g/mol. The van der Waals surface area contributed by atoms with Crippen molar-refractivity contribution in [3.63, 3.8) is 0 Å². The summed E-state index contributed by atoms with van der Waals surface area (Å²) >= 11 is 0. The van der Waals surface area contributed by atoms with Crippen LogP contribution < -0.4 is 4.74 Å². The molecule has 2 aliphatic heterocycles. The zero-order valence-corrected chi connectivity index (χ0v) is 21.7. The fourth-order valence-electron chi connectivity index (χ4n) is 5.04. The fourth-order valence-corrected chi connectivity index (χ4v) is 5.04. The molecule has 1 N–H and O–H groups in total. The summed E-state index contributed by atoms with van der Waals surface area (Å²) in [5.74, 6) is -0.173. The molecule has 5 rings (SSSR count). The van der Waals surface area contributed by atoms with E-state index in [0.29, 0.717) is 48.9 Å². The molecule has 7 nitrogen and oxygen atoms in total. The number of benzene rings is 3. The van der Waals surface area contributed by atoms with Crippen molar-refractivity contribution in [1.82, 2.24) is 9.80 Å². The summed E-state index contributed by atoms with van der Waals surface area (Å²) in [5, 5.41) is 11.5. The summed E-state index contributed by atoms with van der Waals surface area (Å²) in [7, 11) is 0. The lowest BCUT2D eigenvalue weighted by Crippen LogP contribution is -2.42. The van der Waals surface area contributed by atoms with Crippen LogP contribution in [0.4, 0.5) is 0 Å². The Hall–Kier alpha value is -3.94. The van der Waals surface area contributed by atoms with Gasteiger partial charge < -0.3 is 19.5 Å². The average Bonchev–Trinajstić information content (AvgIpc) is 3.19. The number of ketones is 1. The Kier molecular flexibility index (Phi) is 7.58. The van der Waals surface area contributed by atoms with Gasteiger partial charge in [-0.25, -0.2) is 0 Å². The predicted molar refractivity (Wildman–Crippen MR) is 145 cm³/mol. The molecule has 0 spiro atoms. The smallest absolute Gasteiger partial charge is 0.295 e. The van der Waals surface area contributed by atoms with Crippen LogP contribution in [0.15, 0.2) is 78.4 Å². The molecule has 2 saturated heterocycles. The molecule has 0 aromatic heterocycles. The molecule has 1 atom stereocenters. The van der Waals surface area contributed by atoms with Gasteiger partial charge in [0.25, 0.3) is 11.7 Å². The Balaban J connectivity index is 1.56. The molecular formula is C31H32N2O5. The van der Waals surface area contributed by atoms with Gasteiger partial charge in [0.2, 0.25) is 0 Å². The van der Waals surface area contributed by atoms with Gasteiger partial charge >= 0.3 is 0 Å². The highest BCUT2D eigenvalue weighted by Crippen LogP contribution is 2.41. The van der Waals surface area contributed by atoms with Crippen LogP contribution in [-0.4, -0.2) is 66.0 Å². The van der Waals surface area contributed by atoms with Crippen LogP contribution >= 0.6 is 0 Å². The van der Waals surface area contributed by atoms with Crippen molar-refractivity contribution in [2.75, 3.05) is 39.4 Å². The molecule has 0 bridgehead atoms. The summed E-state index contributed by atoms with van der Waals surface area (Å²) < 4.78 is 11.5. The number of carbonyl (C=O) groups excluding carboxylic acids is 2. The number of aryl methyl sites for hydroxylation is 2. The lowest BCUT2D eigenvalue weighted by molar-refractivity contribution is -0.140. The molecule has 3 aromatic carbocycles. The molecule has 2 aliphatic rings. The summed E-state index contributed by atoms with van der Waals surface area (Å²) in [5.41, 5.74) is 3.13. The molecule has 196 valence electrons. The normalized spacial score (nSPS) is 19.6. The van der Waals surface area contributed by atoms with Crippen LogP contribution in [0.2, 0.25) is 0 Å². The first kappa shape index (κ1) is 25.7. The van der Waals surface area contributed by atoms with Crippen LogP contribution in [0, 0.1) is 13.8 Å². The van der Waals surface area contributed by atoms with Crippen LogP contribution in [0.3, 0.4) is 0 Å². The number of aliphatic hydroxyl groups excluding tert-OH is 1. The highest BCUT2D eigenvalue weighted by atomic mass is 16.5. The maximum absolute atomic E-state index is 13.5. The number of likely N-dealkylation sites (tertiary alicyclic amines) is 1. The standard InChI is InChI=1S/C31H32N2O5/c1-21-11-12-22(2)26(19-21)29(34)27-28(23-7-6-10-25(20-23)38-24-8-4-3-5-9-24)33(31(36)30(27)35)14-13-32-15-17-37-18-16-32/h3-12,19-20,28,34H,13-18H2,1-2H3/b29-27+. The molecular weight excluding hydrogens is 480 g/mol. The van der Waals surface area contributed by atoms with E-state index in [4.69, 9.17) is 9.47 Å². The minimum absolute atomic E-state index is 0.0996. The van der Waals surface area contributed by atoms with Gasteiger partial charge in [-0.3, -0.25) is 14.5 Å². The highest BCUT2D eigenvalue weighted by Gasteiger charge is 2.46. The molecule has 2 heterocycles. The Morgan fingerprint density at radius 3 is 2.42 bits per heavy atom. The minimum Gasteiger partial charge on any atom is -0.507 e. The third-order valence-electron chi connectivity index (χ3n) is 7.10. The van der Waals surface area contributed by atoms with Gasteiger partial charge in [0.1, 0.15) is 17.3 Å². The van der Waals surface area contributed by atoms with Crippen molar-refractivity contribution in [3.8, 4) is 11.5 Å². The van der Waals surface area contributed by atoms with Crippen molar-refractivity contribution < 1.29 is 24.2 Å². The zero-order valence-electron chi connectivity index (χ0n) is 21.7. The number of ether oxygens (including phenoxy) is 2. The Morgan fingerprint density at radius 2 is 1.66 bits per heavy atom. The fraction of sp³-hybridized carbons (Fsp3) is 0.290. The SMILES string of the molecule is Cc1ccc(C)c(/C(O)=C2\C(=O)C(=O)N(CCN3CCOCC3)C2c2cccc(Oc3ccccc3)c2)c1. The van der Waals surface area contributed by atoms with E-state index in [-0.39, 0.29) is 11.3 Å². The first-order valence-electron chi connectivity index (χ1n) is 12.9. The first-order chi connectivity index (χ1) is 18.4. The second-order valence-corrected chi connectivity index (χ2v) is 9.75. The van der Waals surface area contributed by atoms with Gasteiger partial charge in [0, 0.05) is 31.7 Å². The van der Waals surface area contributed by atoms with Gasteiger partial charge in [0.05, 0.1) is 24.8 Å². The van der Waals surface area contributed by atoms with Gasteiger partial charge in [-0.05, 0) is 55.3 Å². The van der Waals surface area contributed by atoms with E-state index >= 15 is 0 Å². The molecule has 38 heavy (non-hydrogen) atoms. The van der Waals surface area contributed by atoms with E-state index < -0.39 is 17.7 Å². The molecule has 3 aromatic rings. The molecule has 0 saturated carbocycles. The molecule has 1 unspecified atom stereocenters. The number of para-hydroxylation sites is 1. The Labute approximate surface area is 222 Å². The van der Waals surface area contributed by atoms with Gasteiger partial charge in [-0.1, -0.05) is 48.0 Å². The quantitative estimate of drug-likeness (QED) is 0.277. The van der Waals surface area contributed by atoms with E-state index in [1.54, 1.807) is 4.90 Å². The topological polar surface area (TPSA) is 79.3 Å². The van der Waals surface area contributed by atoms with Crippen molar-refractivity contribution >= 4 is 17.4 Å². The second kappa shape index (κ2) is 11.2. The van der Waals surface area contributed by atoms with Crippen molar-refractivity contribution in [3.05, 3.63) is 101 Å². The lowest BCUT2D eigenvalue weighted by atomic mass is 9.93. The van der Waals surface area contributed by atoms with Crippen molar-refractivity contribution in [2.45, 2.75) is 19.9 Å². The maximum atomic E-state index is 13.5. The number of carbonyl (C=O) groups is 2. The first-order valence-corrected chi connectivity index (χ1v) is 12.9. The van der Waals surface area contributed by atoms with E-state index in [9.17, 15) is 14.7 Å². The maximum Gasteiger partial charge on any atom is 0.295 e. The molecule has 1 amide bonds. The van der Waals surface area contributed by atoms with Crippen molar-refractivity contribution in [2.24, 2.45) is 0 Å². The zero-order chi connectivity index (χ0) is 26.6. The van der Waals surface area contributed by atoms with E-state index in [1.165, 1.54) is 0 Å². The van der Waals surface area contributed by atoms with Crippen LogP contribution in [-0.2, 0) is 14.3 Å². The summed E-state index contributed by atoms with van der Waals surface area (Å²) in [6.07, 6.45) is 0. The number of nitrogens with zero attached hydrogens (tertiary/aromatic N) is 2. The van der Waals surface area contributed by atoms with E-state index in [1.807, 2.05) is 86.6 Å². The molecule has 0 aliphatic carbocycles. The molecule has 2 fully saturated rings. The summed E-state index contributed by atoms with van der Waals surface area (Å²) in [4.78, 5) is 30.7. The van der Waals surface area contributed by atoms with Gasteiger partial charge in [-0.2, -0.15) is 0 Å².